The third-order valence-corrected chi connectivity index (χ3v) is 3.07. The molecule has 0 aliphatic rings. The molecule has 1 heterocycles. The molecule has 0 unspecified atom stereocenters. The van der Waals surface area contributed by atoms with Crippen molar-refractivity contribution in [3.8, 4) is 10.6 Å². The highest BCUT2D eigenvalue weighted by Crippen LogP contribution is 2.31. The van der Waals surface area contributed by atoms with Gasteiger partial charge in [-0.1, -0.05) is 12.1 Å². The molecule has 0 radical (unpaired) electrons. The maximum atomic E-state index is 12.3. The van der Waals surface area contributed by atoms with E-state index in [0.29, 0.717) is 10.6 Å². The average molecular weight is 273 g/mol. The molecule has 1 N–H and O–H groups in total. The molecule has 94 valence electrons. The fourth-order valence-corrected chi connectivity index (χ4v) is 2.11. The molecule has 0 saturated carbocycles. The first-order valence-electron chi connectivity index (χ1n) is 4.74. The van der Waals surface area contributed by atoms with Crippen molar-refractivity contribution < 1.29 is 23.1 Å². The SMILES string of the molecule is O=C(O)c1csc(-c2ccc(C(F)(F)F)cc2)n1. The van der Waals surface area contributed by atoms with Crippen LogP contribution in [0.25, 0.3) is 10.6 Å². The Bertz CT molecular complexity index is 575. The second-order valence-electron chi connectivity index (χ2n) is 3.42. The van der Waals surface area contributed by atoms with Gasteiger partial charge in [-0.3, -0.25) is 0 Å². The highest BCUT2D eigenvalue weighted by atomic mass is 32.1. The van der Waals surface area contributed by atoms with Crippen LogP contribution in [-0.2, 0) is 6.18 Å². The van der Waals surface area contributed by atoms with Crippen LogP contribution < -0.4 is 0 Å². The molecule has 0 atom stereocenters. The number of carbonyl (C=O) groups is 1. The van der Waals surface area contributed by atoms with Crippen LogP contribution in [0.1, 0.15) is 16.1 Å². The summed E-state index contributed by atoms with van der Waals surface area (Å²) in [5.74, 6) is -1.16. The van der Waals surface area contributed by atoms with Crippen molar-refractivity contribution in [2.75, 3.05) is 0 Å². The normalized spacial score (nSPS) is 11.5. The maximum Gasteiger partial charge on any atom is 0.416 e. The number of carboxylic acids is 1. The van der Waals surface area contributed by atoms with Crippen LogP contribution in [0.2, 0.25) is 0 Å². The van der Waals surface area contributed by atoms with Crippen LogP contribution in [-0.4, -0.2) is 16.1 Å². The molecule has 1 aromatic carbocycles. The van der Waals surface area contributed by atoms with Gasteiger partial charge in [-0.15, -0.1) is 11.3 Å². The maximum absolute atomic E-state index is 12.3. The Morgan fingerprint density at radius 1 is 1.22 bits per heavy atom. The second kappa shape index (κ2) is 4.41. The summed E-state index contributed by atoms with van der Waals surface area (Å²) in [5, 5.41) is 10.4. The fraction of sp³-hybridized carbons (Fsp3) is 0.0909. The van der Waals surface area contributed by atoms with E-state index in [0.717, 1.165) is 23.5 Å². The molecule has 1 aromatic heterocycles. The van der Waals surface area contributed by atoms with Crippen molar-refractivity contribution in [3.63, 3.8) is 0 Å². The van der Waals surface area contributed by atoms with E-state index in [1.54, 1.807) is 0 Å². The lowest BCUT2D eigenvalue weighted by molar-refractivity contribution is -0.137. The van der Waals surface area contributed by atoms with E-state index in [2.05, 4.69) is 4.98 Å². The minimum absolute atomic E-state index is 0.116. The van der Waals surface area contributed by atoms with Gasteiger partial charge in [0.05, 0.1) is 5.56 Å². The predicted octanol–water partition coefficient (Wildman–Crippen LogP) is 3.53. The molecule has 18 heavy (non-hydrogen) atoms. The number of benzene rings is 1. The van der Waals surface area contributed by atoms with Crippen LogP contribution in [0.15, 0.2) is 29.6 Å². The molecular weight excluding hydrogens is 267 g/mol. The lowest BCUT2D eigenvalue weighted by Crippen LogP contribution is -2.04. The van der Waals surface area contributed by atoms with Gasteiger partial charge in [-0.2, -0.15) is 13.2 Å². The molecule has 0 spiro atoms. The number of hydrogen-bond donors (Lipinski definition) is 1. The first-order chi connectivity index (χ1) is 8.38. The highest BCUT2D eigenvalue weighted by Gasteiger charge is 2.30. The summed E-state index contributed by atoms with van der Waals surface area (Å²) in [4.78, 5) is 14.4. The van der Waals surface area contributed by atoms with Gasteiger partial charge < -0.3 is 5.11 Å². The lowest BCUT2D eigenvalue weighted by atomic mass is 10.1. The minimum atomic E-state index is -4.38. The number of carboxylic acid groups (broad SMARTS) is 1. The average Bonchev–Trinajstić information content (AvgIpc) is 2.77. The molecule has 0 aliphatic heterocycles. The molecule has 3 nitrogen and oxygen atoms in total. The van der Waals surface area contributed by atoms with Crippen molar-refractivity contribution in [1.29, 1.82) is 0 Å². The largest absolute Gasteiger partial charge is 0.476 e. The summed E-state index contributed by atoms with van der Waals surface area (Å²) in [7, 11) is 0. The summed E-state index contributed by atoms with van der Waals surface area (Å²) in [6.07, 6.45) is -4.38. The number of aromatic nitrogens is 1. The van der Waals surface area contributed by atoms with Gasteiger partial charge in [-0.05, 0) is 12.1 Å². The number of hydrogen-bond acceptors (Lipinski definition) is 3. The van der Waals surface area contributed by atoms with E-state index in [4.69, 9.17) is 5.11 Å². The molecular formula is C11H6F3NO2S. The third-order valence-electron chi connectivity index (χ3n) is 2.18. The first-order valence-corrected chi connectivity index (χ1v) is 5.62. The van der Waals surface area contributed by atoms with Crippen molar-refractivity contribution in [3.05, 3.63) is 40.9 Å². The third kappa shape index (κ3) is 2.51. The van der Waals surface area contributed by atoms with Gasteiger partial charge in [0, 0.05) is 10.9 Å². The van der Waals surface area contributed by atoms with Gasteiger partial charge in [-0.25, -0.2) is 9.78 Å². The number of thiazole rings is 1. The van der Waals surface area contributed by atoms with Gasteiger partial charge in [0.1, 0.15) is 5.01 Å². The highest BCUT2D eigenvalue weighted by molar-refractivity contribution is 7.13. The molecule has 0 saturated heterocycles. The van der Waals surface area contributed by atoms with E-state index < -0.39 is 17.7 Å². The van der Waals surface area contributed by atoms with E-state index in [9.17, 15) is 18.0 Å². The van der Waals surface area contributed by atoms with E-state index in [1.807, 2.05) is 0 Å². The number of alkyl halides is 3. The van der Waals surface area contributed by atoms with Crippen molar-refractivity contribution in [1.82, 2.24) is 4.98 Å². The minimum Gasteiger partial charge on any atom is -0.476 e. The molecule has 2 aromatic rings. The van der Waals surface area contributed by atoms with E-state index in [-0.39, 0.29) is 5.69 Å². The van der Waals surface area contributed by atoms with Crippen LogP contribution >= 0.6 is 11.3 Å². The molecule has 0 fully saturated rings. The number of nitrogens with zero attached hydrogens (tertiary/aromatic N) is 1. The summed E-state index contributed by atoms with van der Waals surface area (Å²) in [5.41, 5.74) is -0.406. The van der Waals surface area contributed by atoms with Crippen molar-refractivity contribution in [2.45, 2.75) is 6.18 Å². The second-order valence-corrected chi connectivity index (χ2v) is 4.28. The van der Waals surface area contributed by atoms with Gasteiger partial charge in [0.25, 0.3) is 0 Å². The van der Waals surface area contributed by atoms with Crippen molar-refractivity contribution >= 4 is 17.3 Å². The number of rotatable bonds is 2. The van der Waals surface area contributed by atoms with Gasteiger partial charge >= 0.3 is 12.1 Å². The standard InChI is InChI=1S/C11H6F3NO2S/c12-11(13,14)7-3-1-6(2-4-7)9-15-8(5-18-9)10(16)17/h1-5H,(H,16,17). The van der Waals surface area contributed by atoms with E-state index >= 15 is 0 Å². The zero-order valence-electron chi connectivity index (χ0n) is 8.73. The molecule has 0 bridgehead atoms. The van der Waals surface area contributed by atoms with Gasteiger partial charge in [0.15, 0.2) is 5.69 Å². The Balaban J connectivity index is 2.31. The fourth-order valence-electron chi connectivity index (χ4n) is 1.31. The summed E-state index contributed by atoms with van der Waals surface area (Å²) in [6, 6.07) is 4.43. The summed E-state index contributed by atoms with van der Waals surface area (Å²) in [6.45, 7) is 0. The van der Waals surface area contributed by atoms with Gasteiger partial charge in [0.2, 0.25) is 0 Å². The number of halogens is 3. The van der Waals surface area contributed by atoms with Crippen LogP contribution in [0.4, 0.5) is 13.2 Å². The smallest absolute Gasteiger partial charge is 0.416 e. The molecule has 0 aliphatic carbocycles. The van der Waals surface area contributed by atoms with Crippen LogP contribution in [0, 0.1) is 0 Å². The Labute approximate surface area is 104 Å². The van der Waals surface area contributed by atoms with E-state index in [1.165, 1.54) is 17.5 Å². The first kappa shape index (κ1) is 12.6. The number of aromatic carboxylic acids is 1. The van der Waals surface area contributed by atoms with Crippen LogP contribution in [0.5, 0.6) is 0 Å². The Morgan fingerprint density at radius 2 is 1.83 bits per heavy atom. The topological polar surface area (TPSA) is 50.2 Å². The zero-order valence-corrected chi connectivity index (χ0v) is 9.55. The van der Waals surface area contributed by atoms with Crippen molar-refractivity contribution in [2.24, 2.45) is 0 Å². The Hall–Kier alpha value is -1.89. The zero-order chi connectivity index (χ0) is 13.3. The lowest BCUT2D eigenvalue weighted by Gasteiger charge is -2.06. The molecule has 7 heteroatoms. The Kier molecular flexibility index (Phi) is 3.08. The quantitative estimate of drug-likeness (QED) is 0.910. The monoisotopic (exact) mass is 273 g/mol. The van der Waals surface area contributed by atoms with Crippen LogP contribution in [0.3, 0.4) is 0 Å². The molecule has 2 rings (SSSR count). The molecule has 0 amide bonds. The Morgan fingerprint density at radius 3 is 2.28 bits per heavy atom. The predicted molar refractivity (Wildman–Crippen MR) is 59.5 cm³/mol. The summed E-state index contributed by atoms with van der Waals surface area (Å²) < 4.78 is 37.0. The summed E-state index contributed by atoms with van der Waals surface area (Å²) >= 11 is 1.07.